The maximum absolute atomic E-state index is 5.26. The molecule has 3 rings (SSSR count). The second kappa shape index (κ2) is 8.80. The summed E-state index contributed by atoms with van der Waals surface area (Å²) in [6, 6.07) is 7.91. The quantitative estimate of drug-likeness (QED) is 0.619. The number of thiophene rings is 1. The summed E-state index contributed by atoms with van der Waals surface area (Å²) in [5, 5.41) is 2.14. The number of ether oxygens (including phenoxy) is 1. The molecule has 130 valence electrons. The highest BCUT2D eigenvalue weighted by atomic mass is 32.1. The summed E-state index contributed by atoms with van der Waals surface area (Å²) in [4.78, 5) is 17.0. The van der Waals surface area contributed by atoms with E-state index < -0.39 is 0 Å². The fourth-order valence-corrected chi connectivity index (χ4v) is 3.47. The van der Waals surface area contributed by atoms with Gasteiger partial charge in [0.2, 0.25) is 0 Å². The second-order valence-corrected chi connectivity index (χ2v) is 6.86. The van der Waals surface area contributed by atoms with Crippen molar-refractivity contribution in [3.63, 3.8) is 0 Å². The lowest BCUT2D eigenvalue weighted by Crippen LogP contribution is -2.26. The van der Waals surface area contributed by atoms with Gasteiger partial charge in [-0.1, -0.05) is 6.07 Å². The molecule has 5 nitrogen and oxygen atoms in total. The molecule has 0 bridgehead atoms. The molecule has 0 amide bonds. The Balaban J connectivity index is 1.69. The number of hydrogen-bond donors (Lipinski definition) is 0. The smallest absolute Gasteiger partial charge is 0.178 e. The Morgan fingerprint density at radius 3 is 2.56 bits per heavy atom. The van der Waals surface area contributed by atoms with Crippen LogP contribution < -0.4 is 0 Å². The van der Waals surface area contributed by atoms with Crippen molar-refractivity contribution in [1.82, 2.24) is 19.9 Å². The molecule has 0 unspecified atom stereocenters. The molecule has 3 heterocycles. The van der Waals surface area contributed by atoms with Crippen molar-refractivity contribution < 1.29 is 4.74 Å². The lowest BCUT2D eigenvalue weighted by atomic mass is 10.2. The van der Waals surface area contributed by atoms with E-state index >= 15 is 0 Å². The van der Waals surface area contributed by atoms with Crippen molar-refractivity contribution in [2.75, 3.05) is 20.3 Å². The Bertz CT molecular complexity index is 774. The van der Waals surface area contributed by atoms with Crippen molar-refractivity contribution in [3.05, 3.63) is 64.2 Å². The summed E-state index contributed by atoms with van der Waals surface area (Å²) in [6.07, 6.45) is 5.53. The molecule has 0 atom stereocenters. The third-order valence-corrected chi connectivity index (χ3v) is 4.96. The summed E-state index contributed by atoms with van der Waals surface area (Å²) in [5.74, 6) is 0.655. The van der Waals surface area contributed by atoms with Crippen molar-refractivity contribution in [3.8, 4) is 11.5 Å². The van der Waals surface area contributed by atoms with E-state index in [-0.39, 0.29) is 0 Å². The fourth-order valence-electron chi connectivity index (χ4n) is 2.53. The van der Waals surface area contributed by atoms with Gasteiger partial charge >= 0.3 is 0 Å². The van der Waals surface area contributed by atoms with Gasteiger partial charge in [0.05, 0.1) is 6.61 Å². The highest BCUT2D eigenvalue weighted by molar-refractivity contribution is 7.10. The summed E-state index contributed by atoms with van der Waals surface area (Å²) in [7, 11) is 1.74. The van der Waals surface area contributed by atoms with E-state index in [4.69, 9.17) is 4.74 Å². The van der Waals surface area contributed by atoms with E-state index in [1.807, 2.05) is 30.6 Å². The number of hydrogen-bond acceptors (Lipinski definition) is 6. The first-order chi connectivity index (χ1) is 12.3. The average molecular weight is 354 g/mol. The largest absolute Gasteiger partial charge is 0.383 e. The number of pyridine rings is 1. The fraction of sp³-hybridized carbons (Fsp3) is 0.316. The van der Waals surface area contributed by atoms with Gasteiger partial charge in [-0.05, 0) is 36.1 Å². The molecule has 0 spiro atoms. The van der Waals surface area contributed by atoms with Gasteiger partial charge in [-0.3, -0.25) is 9.88 Å². The first kappa shape index (κ1) is 17.7. The minimum atomic E-state index is 0.655. The van der Waals surface area contributed by atoms with E-state index in [2.05, 4.69) is 38.2 Å². The van der Waals surface area contributed by atoms with Crippen LogP contribution in [-0.4, -0.2) is 40.1 Å². The maximum Gasteiger partial charge on any atom is 0.178 e. The van der Waals surface area contributed by atoms with Crippen LogP contribution in [0.15, 0.2) is 48.2 Å². The van der Waals surface area contributed by atoms with Crippen molar-refractivity contribution in [2.24, 2.45) is 0 Å². The maximum atomic E-state index is 5.26. The highest BCUT2D eigenvalue weighted by Gasteiger charge is 2.11. The van der Waals surface area contributed by atoms with Crippen LogP contribution >= 0.6 is 11.3 Å². The van der Waals surface area contributed by atoms with Gasteiger partial charge in [0.1, 0.15) is 5.69 Å². The van der Waals surface area contributed by atoms with E-state index in [0.717, 1.165) is 30.9 Å². The standard InChI is InChI=1S/C19H22N4OS/c1-15-6-10-25-18(15)14-23(8-9-24-2)13-16-11-21-19(22-12-16)17-5-3-4-7-20-17/h3-7,10-12H,8-9,13-14H2,1-2H3. The summed E-state index contributed by atoms with van der Waals surface area (Å²) < 4.78 is 5.26. The molecule has 0 aromatic carbocycles. The third-order valence-electron chi connectivity index (χ3n) is 3.95. The Kier molecular flexibility index (Phi) is 6.22. The molecule has 0 aliphatic carbocycles. The van der Waals surface area contributed by atoms with Crippen LogP contribution in [0.5, 0.6) is 0 Å². The van der Waals surface area contributed by atoms with Gasteiger partial charge in [0, 0.05) is 55.8 Å². The highest BCUT2D eigenvalue weighted by Crippen LogP contribution is 2.19. The summed E-state index contributed by atoms with van der Waals surface area (Å²) in [5.41, 5.74) is 3.22. The van der Waals surface area contributed by atoms with E-state index in [1.165, 1.54) is 10.4 Å². The molecule has 0 radical (unpaired) electrons. The number of nitrogens with zero attached hydrogens (tertiary/aromatic N) is 4. The van der Waals surface area contributed by atoms with Crippen LogP contribution in [0.3, 0.4) is 0 Å². The van der Waals surface area contributed by atoms with Gasteiger partial charge in [-0.15, -0.1) is 11.3 Å². The van der Waals surface area contributed by atoms with Crippen molar-refractivity contribution in [2.45, 2.75) is 20.0 Å². The topological polar surface area (TPSA) is 51.1 Å². The predicted octanol–water partition coefficient (Wildman–Crippen LogP) is 3.56. The average Bonchev–Trinajstić information content (AvgIpc) is 3.06. The van der Waals surface area contributed by atoms with Crippen LogP contribution in [0.25, 0.3) is 11.5 Å². The van der Waals surface area contributed by atoms with Crippen molar-refractivity contribution in [1.29, 1.82) is 0 Å². The van der Waals surface area contributed by atoms with Gasteiger partial charge in [-0.25, -0.2) is 9.97 Å². The zero-order valence-electron chi connectivity index (χ0n) is 14.6. The van der Waals surface area contributed by atoms with Crippen LogP contribution in [0.1, 0.15) is 16.0 Å². The molecule has 0 aliphatic rings. The molecule has 3 aromatic rings. The summed E-state index contributed by atoms with van der Waals surface area (Å²) >= 11 is 1.80. The normalized spacial score (nSPS) is 11.2. The van der Waals surface area contributed by atoms with Gasteiger partial charge in [-0.2, -0.15) is 0 Å². The van der Waals surface area contributed by atoms with Gasteiger partial charge in [0.15, 0.2) is 5.82 Å². The number of aryl methyl sites for hydroxylation is 1. The third kappa shape index (κ3) is 4.92. The minimum Gasteiger partial charge on any atom is -0.383 e. The predicted molar refractivity (Wildman–Crippen MR) is 100 cm³/mol. The second-order valence-electron chi connectivity index (χ2n) is 5.86. The van der Waals surface area contributed by atoms with E-state index in [1.54, 1.807) is 24.6 Å². The first-order valence-corrected chi connectivity index (χ1v) is 9.11. The minimum absolute atomic E-state index is 0.655. The monoisotopic (exact) mass is 354 g/mol. The molecular weight excluding hydrogens is 332 g/mol. The number of methoxy groups -OCH3 is 1. The molecule has 0 aliphatic heterocycles. The van der Waals surface area contributed by atoms with E-state index in [9.17, 15) is 0 Å². The Morgan fingerprint density at radius 1 is 1.08 bits per heavy atom. The molecule has 6 heteroatoms. The lowest BCUT2D eigenvalue weighted by Gasteiger charge is -2.21. The van der Waals surface area contributed by atoms with E-state index in [0.29, 0.717) is 12.4 Å². The van der Waals surface area contributed by atoms with Crippen molar-refractivity contribution >= 4 is 11.3 Å². The first-order valence-electron chi connectivity index (χ1n) is 8.23. The lowest BCUT2D eigenvalue weighted by molar-refractivity contribution is 0.140. The van der Waals surface area contributed by atoms with Gasteiger partial charge < -0.3 is 4.74 Å². The number of aromatic nitrogens is 3. The SMILES string of the molecule is COCCN(Cc1cnc(-c2ccccn2)nc1)Cc1sccc1C. The molecule has 0 N–H and O–H groups in total. The van der Waals surface area contributed by atoms with Gasteiger partial charge in [0.25, 0.3) is 0 Å². The zero-order chi connectivity index (χ0) is 17.5. The molecule has 25 heavy (non-hydrogen) atoms. The Labute approximate surface area is 152 Å². The Morgan fingerprint density at radius 2 is 1.92 bits per heavy atom. The molecule has 0 fully saturated rings. The van der Waals surface area contributed by atoms with Crippen LogP contribution in [0.4, 0.5) is 0 Å². The summed E-state index contributed by atoms with van der Waals surface area (Å²) in [6.45, 7) is 5.44. The zero-order valence-corrected chi connectivity index (χ0v) is 15.4. The molecular formula is C19H22N4OS. The van der Waals surface area contributed by atoms with Crippen LogP contribution in [-0.2, 0) is 17.8 Å². The molecule has 0 saturated heterocycles. The van der Waals surface area contributed by atoms with Crippen LogP contribution in [0.2, 0.25) is 0 Å². The number of rotatable bonds is 8. The molecule has 3 aromatic heterocycles. The van der Waals surface area contributed by atoms with Crippen LogP contribution in [0, 0.1) is 6.92 Å². The Hall–Kier alpha value is -2.15. The molecule has 0 saturated carbocycles.